The molecule has 1 unspecified atom stereocenters. The molecule has 0 aliphatic heterocycles. The molecule has 0 amide bonds. The molecule has 1 aromatic rings. The van der Waals surface area contributed by atoms with Gasteiger partial charge in [-0.25, -0.2) is 5.84 Å². The molecule has 1 aromatic heterocycles. The summed E-state index contributed by atoms with van der Waals surface area (Å²) >= 11 is 1.77. The fourth-order valence-corrected chi connectivity index (χ4v) is 1.74. The molecule has 0 aliphatic rings. The summed E-state index contributed by atoms with van der Waals surface area (Å²) in [4.78, 5) is 7.95. The van der Waals surface area contributed by atoms with Gasteiger partial charge in [-0.05, 0) is 13.2 Å². The molecule has 7 heteroatoms. The Kier molecular flexibility index (Phi) is 4.44. The van der Waals surface area contributed by atoms with Crippen molar-refractivity contribution in [2.45, 2.75) is 13.0 Å². The van der Waals surface area contributed by atoms with Crippen LogP contribution < -0.4 is 22.3 Å². The number of hydrogen-bond donors (Lipinski definition) is 4. The Bertz CT molecular complexity index is 318. The largest absolute Gasteiger partial charge is 0.368 e. The highest BCUT2D eigenvalue weighted by atomic mass is 32.2. The smallest absolute Gasteiger partial charge is 0.223 e. The van der Waals surface area contributed by atoms with Crippen LogP contribution in [0.4, 0.5) is 17.6 Å². The summed E-state index contributed by atoms with van der Waals surface area (Å²) in [6.45, 7) is 2.07. The van der Waals surface area contributed by atoms with E-state index in [0.29, 0.717) is 17.7 Å². The lowest BCUT2D eigenvalue weighted by Gasteiger charge is -2.13. The highest BCUT2D eigenvalue weighted by molar-refractivity contribution is 7.98. The van der Waals surface area contributed by atoms with Crippen LogP contribution in [-0.4, -0.2) is 28.0 Å². The van der Waals surface area contributed by atoms with Gasteiger partial charge in [0.05, 0.1) is 0 Å². The van der Waals surface area contributed by atoms with Crippen molar-refractivity contribution < 1.29 is 0 Å². The SMILES string of the molecule is CSCC(C)Nc1cc(NN)nc(N)n1. The first-order chi connectivity index (χ1) is 7.15. The second-order valence-electron chi connectivity index (χ2n) is 3.14. The van der Waals surface area contributed by atoms with Gasteiger partial charge < -0.3 is 16.5 Å². The van der Waals surface area contributed by atoms with Crippen LogP contribution in [0.5, 0.6) is 0 Å². The molecule has 1 atom stereocenters. The van der Waals surface area contributed by atoms with Crippen molar-refractivity contribution >= 4 is 29.3 Å². The average molecular weight is 228 g/mol. The molecule has 6 N–H and O–H groups in total. The predicted molar refractivity (Wildman–Crippen MR) is 65.7 cm³/mol. The lowest BCUT2D eigenvalue weighted by atomic mass is 10.4. The lowest BCUT2D eigenvalue weighted by molar-refractivity contribution is 0.901. The molecular weight excluding hydrogens is 212 g/mol. The van der Waals surface area contributed by atoms with E-state index in [0.717, 1.165) is 5.75 Å². The Labute approximate surface area is 93.2 Å². The minimum atomic E-state index is 0.198. The third-order valence-electron chi connectivity index (χ3n) is 1.70. The third-order valence-corrected chi connectivity index (χ3v) is 2.54. The first-order valence-corrected chi connectivity index (χ1v) is 5.91. The van der Waals surface area contributed by atoms with Gasteiger partial charge in [-0.15, -0.1) is 0 Å². The summed E-state index contributed by atoms with van der Waals surface area (Å²) in [6, 6.07) is 2.03. The van der Waals surface area contributed by atoms with Gasteiger partial charge >= 0.3 is 0 Å². The van der Waals surface area contributed by atoms with Crippen LogP contribution in [0.1, 0.15) is 6.92 Å². The second-order valence-corrected chi connectivity index (χ2v) is 4.05. The molecule has 0 saturated heterocycles. The van der Waals surface area contributed by atoms with Gasteiger partial charge in [0, 0.05) is 17.9 Å². The molecule has 0 bridgehead atoms. The van der Waals surface area contributed by atoms with E-state index in [4.69, 9.17) is 11.6 Å². The monoisotopic (exact) mass is 228 g/mol. The molecular formula is C8H16N6S. The summed E-state index contributed by atoms with van der Waals surface area (Å²) in [7, 11) is 0. The molecule has 0 aromatic carbocycles. The standard InChI is InChI=1S/C8H16N6S/c1-5(4-15-2)11-6-3-7(14-10)13-8(9)12-6/h3,5H,4,10H2,1-2H3,(H4,9,11,12,13,14). The Morgan fingerprint density at radius 2 is 2.13 bits per heavy atom. The van der Waals surface area contributed by atoms with E-state index in [1.807, 2.05) is 0 Å². The number of hydrazine groups is 1. The summed E-state index contributed by atoms with van der Waals surface area (Å²) in [5, 5.41) is 3.21. The number of nitrogens with two attached hydrogens (primary N) is 2. The summed E-state index contributed by atoms with van der Waals surface area (Å²) in [6.07, 6.45) is 2.05. The summed E-state index contributed by atoms with van der Waals surface area (Å²) in [5.41, 5.74) is 7.96. The van der Waals surface area contributed by atoms with Gasteiger partial charge in [-0.3, -0.25) is 0 Å². The molecule has 0 saturated carbocycles. The first-order valence-electron chi connectivity index (χ1n) is 4.52. The van der Waals surface area contributed by atoms with Gasteiger partial charge in [0.25, 0.3) is 0 Å². The number of thioether (sulfide) groups is 1. The van der Waals surface area contributed by atoms with Gasteiger partial charge in [-0.1, -0.05) is 0 Å². The van der Waals surface area contributed by atoms with Gasteiger partial charge in [0.2, 0.25) is 5.95 Å². The van der Waals surface area contributed by atoms with E-state index in [9.17, 15) is 0 Å². The first kappa shape index (κ1) is 11.9. The summed E-state index contributed by atoms with van der Waals surface area (Å²) < 4.78 is 0. The zero-order valence-corrected chi connectivity index (χ0v) is 9.64. The summed E-state index contributed by atoms with van der Waals surface area (Å²) in [5.74, 6) is 7.62. The third kappa shape index (κ3) is 3.80. The zero-order chi connectivity index (χ0) is 11.3. The number of anilines is 3. The van der Waals surface area contributed by atoms with E-state index in [1.165, 1.54) is 0 Å². The van der Waals surface area contributed by atoms with E-state index in [1.54, 1.807) is 17.8 Å². The molecule has 15 heavy (non-hydrogen) atoms. The Morgan fingerprint density at radius 3 is 2.73 bits per heavy atom. The molecule has 0 spiro atoms. The van der Waals surface area contributed by atoms with E-state index in [-0.39, 0.29) is 5.95 Å². The van der Waals surface area contributed by atoms with Gasteiger partial charge in [0.15, 0.2) is 0 Å². The normalized spacial score (nSPS) is 12.2. The minimum absolute atomic E-state index is 0.198. The second kappa shape index (κ2) is 5.62. The molecule has 1 rings (SSSR count). The Morgan fingerprint density at radius 1 is 1.47 bits per heavy atom. The van der Waals surface area contributed by atoms with E-state index in [2.05, 4.69) is 33.9 Å². The van der Waals surface area contributed by atoms with Crippen molar-refractivity contribution in [1.82, 2.24) is 9.97 Å². The maximum Gasteiger partial charge on any atom is 0.223 e. The fourth-order valence-electron chi connectivity index (χ4n) is 1.16. The average Bonchev–Trinajstić information content (AvgIpc) is 2.17. The zero-order valence-electron chi connectivity index (χ0n) is 8.82. The van der Waals surface area contributed by atoms with Crippen molar-refractivity contribution in [3.63, 3.8) is 0 Å². The number of nitrogens with one attached hydrogen (secondary N) is 2. The van der Waals surface area contributed by atoms with Crippen molar-refractivity contribution in [2.24, 2.45) is 5.84 Å². The molecule has 1 heterocycles. The van der Waals surface area contributed by atoms with Crippen LogP contribution in [0, 0.1) is 0 Å². The van der Waals surface area contributed by atoms with Crippen molar-refractivity contribution in [1.29, 1.82) is 0 Å². The molecule has 0 aliphatic carbocycles. The van der Waals surface area contributed by atoms with E-state index >= 15 is 0 Å². The number of rotatable bonds is 5. The number of aromatic nitrogens is 2. The van der Waals surface area contributed by atoms with Crippen LogP contribution in [0.15, 0.2) is 6.07 Å². The lowest BCUT2D eigenvalue weighted by Crippen LogP contribution is -2.20. The molecule has 0 radical (unpaired) electrons. The Balaban J connectivity index is 2.71. The number of nitrogens with zero attached hydrogens (tertiary/aromatic N) is 2. The van der Waals surface area contributed by atoms with Crippen LogP contribution in [0.3, 0.4) is 0 Å². The maximum atomic E-state index is 5.52. The molecule has 0 fully saturated rings. The minimum Gasteiger partial charge on any atom is -0.368 e. The quantitative estimate of drug-likeness (QED) is 0.430. The van der Waals surface area contributed by atoms with Crippen molar-refractivity contribution in [3.8, 4) is 0 Å². The molecule has 6 nitrogen and oxygen atoms in total. The van der Waals surface area contributed by atoms with Crippen LogP contribution >= 0.6 is 11.8 Å². The van der Waals surface area contributed by atoms with Gasteiger partial charge in [0.1, 0.15) is 11.6 Å². The van der Waals surface area contributed by atoms with Crippen LogP contribution in [0.25, 0.3) is 0 Å². The fraction of sp³-hybridized carbons (Fsp3) is 0.500. The Hall–Kier alpha value is -1.21. The predicted octanol–water partition coefficient (Wildman–Crippen LogP) is 0.508. The number of nitrogen functional groups attached to an aromatic ring is 2. The number of hydrogen-bond acceptors (Lipinski definition) is 7. The highest BCUT2D eigenvalue weighted by Crippen LogP contribution is 2.13. The van der Waals surface area contributed by atoms with Gasteiger partial charge in [-0.2, -0.15) is 21.7 Å². The highest BCUT2D eigenvalue weighted by Gasteiger charge is 2.04. The maximum absolute atomic E-state index is 5.52. The van der Waals surface area contributed by atoms with Crippen LogP contribution in [0.2, 0.25) is 0 Å². The molecule has 84 valence electrons. The van der Waals surface area contributed by atoms with Crippen LogP contribution in [-0.2, 0) is 0 Å². The van der Waals surface area contributed by atoms with E-state index < -0.39 is 0 Å². The van der Waals surface area contributed by atoms with Crippen molar-refractivity contribution in [2.75, 3.05) is 28.5 Å². The topological polar surface area (TPSA) is 102 Å². The van der Waals surface area contributed by atoms with Crippen molar-refractivity contribution in [3.05, 3.63) is 6.07 Å².